The molecular formula is C18H20FN3O2. The number of aromatic nitrogens is 1. The van der Waals surface area contributed by atoms with Gasteiger partial charge >= 0.3 is 0 Å². The maximum Gasteiger partial charge on any atom is 0.254 e. The fourth-order valence-electron chi connectivity index (χ4n) is 2.87. The van der Waals surface area contributed by atoms with E-state index in [0.717, 1.165) is 25.2 Å². The van der Waals surface area contributed by atoms with Crippen molar-refractivity contribution in [3.63, 3.8) is 0 Å². The van der Waals surface area contributed by atoms with E-state index in [-0.39, 0.29) is 11.7 Å². The Bertz CT molecular complexity index is 706. The topological polar surface area (TPSA) is 45.7 Å². The molecule has 24 heavy (non-hydrogen) atoms. The van der Waals surface area contributed by atoms with Crippen LogP contribution >= 0.6 is 0 Å². The highest BCUT2D eigenvalue weighted by atomic mass is 19.1. The zero-order valence-electron chi connectivity index (χ0n) is 13.6. The number of hydrogen-bond acceptors (Lipinski definition) is 4. The molecule has 1 aliphatic heterocycles. The summed E-state index contributed by atoms with van der Waals surface area (Å²) in [5.41, 5.74) is 1.56. The minimum absolute atomic E-state index is 0.0170. The first-order chi connectivity index (χ1) is 11.7. The van der Waals surface area contributed by atoms with Crippen molar-refractivity contribution < 1.29 is 13.9 Å². The summed E-state index contributed by atoms with van der Waals surface area (Å²) in [4.78, 5) is 20.7. The maximum absolute atomic E-state index is 13.1. The van der Waals surface area contributed by atoms with E-state index in [4.69, 9.17) is 4.74 Å². The smallest absolute Gasteiger partial charge is 0.254 e. The Morgan fingerprint density at radius 2 is 1.92 bits per heavy atom. The molecule has 2 heterocycles. The normalized spacial score (nSPS) is 15.1. The predicted octanol–water partition coefficient (Wildman–Crippen LogP) is 2.58. The van der Waals surface area contributed by atoms with E-state index in [1.165, 1.54) is 19.2 Å². The van der Waals surface area contributed by atoms with Gasteiger partial charge in [0, 0.05) is 49.7 Å². The molecule has 1 saturated heterocycles. The van der Waals surface area contributed by atoms with Crippen LogP contribution in [0.4, 0.5) is 10.1 Å². The van der Waals surface area contributed by atoms with Crippen LogP contribution < -0.4 is 9.64 Å². The molecule has 0 unspecified atom stereocenters. The summed E-state index contributed by atoms with van der Waals surface area (Å²) in [6.07, 6.45) is 2.44. The van der Waals surface area contributed by atoms with E-state index in [1.807, 2.05) is 4.90 Å². The maximum atomic E-state index is 13.1. The van der Waals surface area contributed by atoms with E-state index in [1.54, 1.807) is 30.5 Å². The molecule has 0 radical (unpaired) electrons. The van der Waals surface area contributed by atoms with E-state index < -0.39 is 0 Å². The number of pyridine rings is 1. The zero-order chi connectivity index (χ0) is 16.9. The second-order valence-electron chi connectivity index (χ2n) is 5.70. The van der Waals surface area contributed by atoms with Crippen LogP contribution in [-0.2, 0) is 0 Å². The number of hydrogen-bond donors (Lipinski definition) is 0. The second kappa shape index (κ2) is 7.29. The Balaban J connectivity index is 1.68. The first-order valence-corrected chi connectivity index (χ1v) is 7.97. The largest absolute Gasteiger partial charge is 0.481 e. The van der Waals surface area contributed by atoms with Crippen LogP contribution in [-0.4, -0.2) is 49.1 Å². The zero-order valence-corrected chi connectivity index (χ0v) is 13.6. The molecule has 1 aromatic carbocycles. The van der Waals surface area contributed by atoms with Gasteiger partial charge in [0.1, 0.15) is 5.82 Å². The number of anilines is 1. The van der Waals surface area contributed by atoms with Crippen LogP contribution in [0, 0.1) is 5.82 Å². The van der Waals surface area contributed by atoms with Gasteiger partial charge in [-0.2, -0.15) is 0 Å². The average Bonchev–Trinajstić information content (AvgIpc) is 2.88. The molecule has 0 saturated carbocycles. The molecule has 3 rings (SSSR count). The van der Waals surface area contributed by atoms with Crippen molar-refractivity contribution in [2.45, 2.75) is 6.42 Å². The number of nitrogens with zero attached hydrogens (tertiary/aromatic N) is 3. The fourth-order valence-corrected chi connectivity index (χ4v) is 2.87. The lowest BCUT2D eigenvalue weighted by Gasteiger charge is -2.23. The fraction of sp³-hybridized carbons (Fsp3) is 0.333. The van der Waals surface area contributed by atoms with Crippen molar-refractivity contribution in [2.75, 3.05) is 38.2 Å². The van der Waals surface area contributed by atoms with Gasteiger partial charge in [0.05, 0.1) is 7.11 Å². The highest BCUT2D eigenvalue weighted by Gasteiger charge is 2.21. The monoisotopic (exact) mass is 329 g/mol. The van der Waals surface area contributed by atoms with Gasteiger partial charge in [-0.15, -0.1) is 0 Å². The van der Waals surface area contributed by atoms with Crippen molar-refractivity contribution >= 4 is 11.6 Å². The highest BCUT2D eigenvalue weighted by Crippen LogP contribution is 2.18. The van der Waals surface area contributed by atoms with Crippen molar-refractivity contribution in [1.29, 1.82) is 0 Å². The number of methoxy groups -OCH3 is 1. The van der Waals surface area contributed by atoms with Crippen molar-refractivity contribution in [2.24, 2.45) is 0 Å². The van der Waals surface area contributed by atoms with Crippen LogP contribution in [0.5, 0.6) is 5.88 Å². The Kier molecular flexibility index (Phi) is 4.93. The molecule has 0 aliphatic carbocycles. The first kappa shape index (κ1) is 16.2. The summed E-state index contributed by atoms with van der Waals surface area (Å²) in [6.45, 7) is 2.89. The molecule has 1 aromatic heterocycles. The highest BCUT2D eigenvalue weighted by molar-refractivity contribution is 5.94. The first-order valence-electron chi connectivity index (χ1n) is 7.97. The minimum Gasteiger partial charge on any atom is -0.481 e. The number of carbonyl (C=O) groups is 1. The molecular weight excluding hydrogens is 309 g/mol. The summed E-state index contributed by atoms with van der Waals surface area (Å²) in [7, 11) is 1.53. The molecule has 1 amide bonds. The molecule has 126 valence electrons. The quantitative estimate of drug-likeness (QED) is 0.868. The lowest BCUT2D eigenvalue weighted by molar-refractivity contribution is 0.0766. The Morgan fingerprint density at radius 1 is 1.12 bits per heavy atom. The van der Waals surface area contributed by atoms with Gasteiger partial charge < -0.3 is 14.5 Å². The Hall–Kier alpha value is -2.63. The third kappa shape index (κ3) is 3.64. The SMILES string of the molecule is COc1cc(C(=O)N2CCCN(c3ccc(F)cc3)CC2)ccn1. The molecule has 0 bridgehead atoms. The van der Waals surface area contributed by atoms with Crippen molar-refractivity contribution in [1.82, 2.24) is 9.88 Å². The Morgan fingerprint density at radius 3 is 2.67 bits per heavy atom. The molecule has 0 spiro atoms. The van der Waals surface area contributed by atoms with Gasteiger partial charge in [0.25, 0.3) is 5.91 Å². The minimum atomic E-state index is -0.239. The van der Waals surface area contributed by atoms with Gasteiger partial charge in [0.2, 0.25) is 5.88 Å². The summed E-state index contributed by atoms with van der Waals surface area (Å²) in [5, 5.41) is 0. The van der Waals surface area contributed by atoms with E-state index in [9.17, 15) is 9.18 Å². The molecule has 0 atom stereocenters. The second-order valence-corrected chi connectivity index (χ2v) is 5.70. The van der Waals surface area contributed by atoms with Crippen LogP contribution in [0.1, 0.15) is 16.8 Å². The third-order valence-electron chi connectivity index (χ3n) is 4.17. The molecule has 2 aromatic rings. The van der Waals surface area contributed by atoms with Crippen LogP contribution in [0.25, 0.3) is 0 Å². The van der Waals surface area contributed by atoms with Crippen LogP contribution in [0.2, 0.25) is 0 Å². The lowest BCUT2D eigenvalue weighted by atomic mass is 10.2. The molecule has 1 fully saturated rings. The number of benzene rings is 1. The van der Waals surface area contributed by atoms with Gasteiger partial charge in [0.15, 0.2) is 0 Å². The molecule has 0 N–H and O–H groups in total. The predicted molar refractivity (Wildman–Crippen MR) is 89.9 cm³/mol. The summed E-state index contributed by atoms with van der Waals surface area (Å²) in [5.74, 6) is 0.178. The van der Waals surface area contributed by atoms with Gasteiger partial charge in [-0.25, -0.2) is 9.37 Å². The number of amides is 1. The number of halogens is 1. The number of carbonyl (C=O) groups excluding carboxylic acids is 1. The summed E-state index contributed by atoms with van der Waals surface area (Å²) in [6, 6.07) is 9.85. The molecule has 6 heteroatoms. The average molecular weight is 329 g/mol. The standard InChI is InChI=1S/C18H20FN3O2/c1-24-17-13-14(7-8-20-17)18(23)22-10-2-9-21(11-12-22)16-5-3-15(19)4-6-16/h3-8,13H,2,9-12H2,1H3. The van der Waals surface area contributed by atoms with Crippen LogP contribution in [0.15, 0.2) is 42.6 Å². The van der Waals surface area contributed by atoms with E-state index in [0.29, 0.717) is 24.5 Å². The van der Waals surface area contributed by atoms with Crippen LogP contribution in [0.3, 0.4) is 0 Å². The lowest BCUT2D eigenvalue weighted by Crippen LogP contribution is -2.35. The van der Waals surface area contributed by atoms with Gasteiger partial charge in [-0.05, 0) is 36.8 Å². The number of ether oxygens (including phenoxy) is 1. The molecule has 5 nitrogen and oxygen atoms in total. The summed E-state index contributed by atoms with van der Waals surface area (Å²) >= 11 is 0. The number of rotatable bonds is 3. The van der Waals surface area contributed by atoms with Crippen molar-refractivity contribution in [3.8, 4) is 5.88 Å². The van der Waals surface area contributed by atoms with E-state index in [2.05, 4.69) is 9.88 Å². The molecule has 1 aliphatic rings. The van der Waals surface area contributed by atoms with Gasteiger partial charge in [-0.3, -0.25) is 4.79 Å². The third-order valence-corrected chi connectivity index (χ3v) is 4.17. The van der Waals surface area contributed by atoms with Crippen molar-refractivity contribution in [3.05, 3.63) is 54.0 Å². The van der Waals surface area contributed by atoms with Gasteiger partial charge in [-0.1, -0.05) is 0 Å². The summed E-state index contributed by atoms with van der Waals surface area (Å²) < 4.78 is 18.1. The Labute approximate surface area is 140 Å². The van der Waals surface area contributed by atoms with E-state index >= 15 is 0 Å².